The molecule has 0 aromatic heterocycles. The molecule has 137 valence electrons. The first-order chi connectivity index (χ1) is 13.9. The quantitative estimate of drug-likeness (QED) is 0.444. The van der Waals surface area contributed by atoms with Gasteiger partial charge in [-0.05, 0) is 47.4 Å². The number of para-hydroxylation sites is 1. The van der Waals surface area contributed by atoms with Crippen molar-refractivity contribution in [2.24, 2.45) is 0 Å². The van der Waals surface area contributed by atoms with Crippen LogP contribution in [-0.2, 0) is 6.42 Å². The van der Waals surface area contributed by atoms with Crippen molar-refractivity contribution in [3.8, 4) is 33.8 Å². The molecule has 0 spiro atoms. The maximum absolute atomic E-state index is 9.60. The van der Waals surface area contributed by atoms with Gasteiger partial charge in [0.2, 0.25) is 0 Å². The van der Waals surface area contributed by atoms with Crippen LogP contribution in [0.1, 0.15) is 5.56 Å². The van der Waals surface area contributed by atoms with Crippen molar-refractivity contribution in [2.45, 2.75) is 6.42 Å². The van der Waals surface area contributed by atoms with E-state index in [0.29, 0.717) is 6.42 Å². The molecule has 0 aliphatic heterocycles. The minimum atomic E-state index is 0.0613. The van der Waals surface area contributed by atoms with Crippen molar-refractivity contribution in [3.63, 3.8) is 0 Å². The Hall–Kier alpha value is -3.36. The van der Waals surface area contributed by atoms with Crippen LogP contribution in [0, 0.1) is 6.07 Å². The van der Waals surface area contributed by atoms with Gasteiger partial charge in [0.15, 0.2) is 0 Å². The summed E-state index contributed by atoms with van der Waals surface area (Å²) >= 11 is 0. The number of benzene rings is 4. The fraction of sp³-hybridized carbons (Fsp3) is 0.0769. The molecule has 4 rings (SSSR count). The average Bonchev–Trinajstić information content (AvgIpc) is 2.76. The molecule has 1 N–H and O–H groups in total. The van der Waals surface area contributed by atoms with Crippen LogP contribution in [-0.4, -0.2) is 11.7 Å². The molecule has 4 aromatic rings. The van der Waals surface area contributed by atoms with Gasteiger partial charge < -0.3 is 9.84 Å². The highest BCUT2D eigenvalue weighted by atomic mass is 16.5. The highest BCUT2D eigenvalue weighted by molar-refractivity contribution is 5.85. The molecule has 1 radical (unpaired) electrons. The van der Waals surface area contributed by atoms with Crippen molar-refractivity contribution in [1.29, 1.82) is 0 Å². The molecule has 0 amide bonds. The normalized spacial score (nSPS) is 10.6. The molecule has 0 atom stereocenters. The lowest BCUT2D eigenvalue weighted by molar-refractivity contribution is 0.299. The Labute approximate surface area is 165 Å². The van der Waals surface area contributed by atoms with Crippen LogP contribution in [0.2, 0.25) is 0 Å². The number of hydrogen-bond donors (Lipinski definition) is 1. The van der Waals surface area contributed by atoms with Crippen molar-refractivity contribution < 1.29 is 9.84 Å². The maximum Gasteiger partial charge on any atom is 0.143 e. The summed E-state index contributed by atoms with van der Waals surface area (Å²) in [6.07, 6.45) is 0.518. The molecular weight excluding hydrogens is 344 g/mol. The topological polar surface area (TPSA) is 29.5 Å². The fourth-order valence-electron chi connectivity index (χ4n) is 3.33. The molecule has 0 saturated heterocycles. The first-order valence-corrected chi connectivity index (χ1v) is 9.39. The third-order valence-electron chi connectivity index (χ3n) is 4.64. The SMILES string of the molecule is OCCc1[c]cc(-c2ccccc2)c(Oc2ccccc2)c1-c1ccccc1. The number of aliphatic hydroxyl groups excluding tert-OH is 1. The van der Waals surface area contributed by atoms with Crippen molar-refractivity contribution >= 4 is 0 Å². The van der Waals surface area contributed by atoms with Crippen LogP contribution in [0.3, 0.4) is 0 Å². The zero-order valence-corrected chi connectivity index (χ0v) is 15.5. The van der Waals surface area contributed by atoms with Gasteiger partial charge in [-0.2, -0.15) is 0 Å². The largest absolute Gasteiger partial charge is 0.456 e. The summed E-state index contributed by atoms with van der Waals surface area (Å²) in [5, 5.41) is 9.60. The van der Waals surface area contributed by atoms with E-state index in [9.17, 15) is 5.11 Å². The molecule has 2 heteroatoms. The number of aliphatic hydroxyl groups is 1. The van der Waals surface area contributed by atoms with E-state index in [1.807, 2.05) is 72.8 Å². The molecule has 2 nitrogen and oxygen atoms in total. The lowest BCUT2D eigenvalue weighted by Gasteiger charge is -2.19. The summed E-state index contributed by atoms with van der Waals surface area (Å²) in [4.78, 5) is 0. The minimum Gasteiger partial charge on any atom is -0.456 e. The van der Waals surface area contributed by atoms with Gasteiger partial charge in [0.25, 0.3) is 0 Å². The Kier molecular flexibility index (Phi) is 5.51. The molecule has 4 aromatic carbocycles. The molecule has 0 unspecified atom stereocenters. The van der Waals surface area contributed by atoms with Gasteiger partial charge in [-0.15, -0.1) is 0 Å². The highest BCUT2D eigenvalue weighted by Crippen LogP contribution is 2.43. The van der Waals surface area contributed by atoms with Gasteiger partial charge in [0.1, 0.15) is 11.5 Å². The summed E-state index contributed by atoms with van der Waals surface area (Å²) in [7, 11) is 0. The standard InChI is InChI=1S/C26H21O2/c27-19-18-22-16-17-24(20-10-4-1-5-11-20)26(28-23-14-8-3-9-15-23)25(22)21-12-6-2-7-13-21/h1-15,17,27H,18-19H2. The Balaban J connectivity index is 1.97. The lowest BCUT2D eigenvalue weighted by atomic mass is 9.91. The summed E-state index contributed by atoms with van der Waals surface area (Å²) in [5.41, 5.74) is 5.01. The molecule has 28 heavy (non-hydrogen) atoms. The highest BCUT2D eigenvalue weighted by Gasteiger charge is 2.18. The Morgan fingerprint density at radius 3 is 1.89 bits per heavy atom. The van der Waals surface area contributed by atoms with E-state index in [1.165, 1.54) is 0 Å². The summed E-state index contributed by atoms with van der Waals surface area (Å²) < 4.78 is 6.43. The van der Waals surface area contributed by atoms with E-state index in [-0.39, 0.29) is 6.61 Å². The molecule has 0 heterocycles. The van der Waals surface area contributed by atoms with E-state index in [1.54, 1.807) is 0 Å². The van der Waals surface area contributed by atoms with Crippen LogP contribution in [0.5, 0.6) is 11.5 Å². The van der Waals surface area contributed by atoms with Crippen LogP contribution in [0.15, 0.2) is 97.1 Å². The Bertz CT molecular complexity index is 1030. The van der Waals surface area contributed by atoms with E-state index >= 15 is 0 Å². The van der Waals surface area contributed by atoms with E-state index in [2.05, 4.69) is 30.3 Å². The molecule has 0 aliphatic rings. The van der Waals surface area contributed by atoms with Crippen molar-refractivity contribution in [1.82, 2.24) is 0 Å². The number of rotatable bonds is 6. The van der Waals surface area contributed by atoms with Gasteiger partial charge in [-0.3, -0.25) is 0 Å². The van der Waals surface area contributed by atoms with Crippen LogP contribution in [0.25, 0.3) is 22.3 Å². The predicted molar refractivity (Wildman–Crippen MR) is 113 cm³/mol. The van der Waals surface area contributed by atoms with Crippen LogP contribution < -0.4 is 4.74 Å². The zero-order valence-electron chi connectivity index (χ0n) is 15.5. The first kappa shape index (κ1) is 18.0. The monoisotopic (exact) mass is 365 g/mol. The fourth-order valence-corrected chi connectivity index (χ4v) is 3.33. The van der Waals surface area contributed by atoms with Crippen molar-refractivity contribution in [2.75, 3.05) is 6.61 Å². The van der Waals surface area contributed by atoms with Gasteiger partial charge in [0.05, 0.1) is 0 Å². The van der Waals surface area contributed by atoms with Gasteiger partial charge in [0, 0.05) is 17.7 Å². The van der Waals surface area contributed by atoms with Crippen molar-refractivity contribution in [3.05, 3.63) is 109 Å². The average molecular weight is 365 g/mol. The molecule has 0 bridgehead atoms. The predicted octanol–water partition coefficient (Wildman–Crippen LogP) is 6.15. The van der Waals surface area contributed by atoms with E-state index < -0.39 is 0 Å². The molecule has 0 fully saturated rings. The molecule has 0 aliphatic carbocycles. The van der Waals surface area contributed by atoms with E-state index in [0.717, 1.165) is 39.3 Å². The Morgan fingerprint density at radius 2 is 1.29 bits per heavy atom. The third kappa shape index (κ3) is 3.83. The van der Waals surface area contributed by atoms with E-state index in [4.69, 9.17) is 4.74 Å². The summed E-state index contributed by atoms with van der Waals surface area (Å²) in [5.74, 6) is 1.56. The lowest BCUT2D eigenvalue weighted by Crippen LogP contribution is -2.00. The molecule has 0 saturated carbocycles. The smallest absolute Gasteiger partial charge is 0.143 e. The summed E-state index contributed by atoms with van der Waals surface area (Å²) in [6, 6.07) is 35.5. The second-order valence-electron chi connectivity index (χ2n) is 6.51. The van der Waals surface area contributed by atoms with Gasteiger partial charge in [-0.25, -0.2) is 0 Å². The zero-order chi connectivity index (χ0) is 19.2. The molecular formula is C26H21O2. The summed E-state index contributed by atoms with van der Waals surface area (Å²) in [6.45, 7) is 0.0613. The third-order valence-corrected chi connectivity index (χ3v) is 4.64. The first-order valence-electron chi connectivity index (χ1n) is 9.39. The second kappa shape index (κ2) is 8.55. The maximum atomic E-state index is 9.60. The Morgan fingerprint density at radius 1 is 0.714 bits per heavy atom. The van der Waals surface area contributed by atoms with Crippen LogP contribution in [0.4, 0.5) is 0 Å². The van der Waals surface area contributed by atoms with Gasteiger partial charge in [-0.1, -0.05) is 78.9 Å². The number of ether oxygens (including phenoxy) is 1. The second-order valence-corrected chi connectivity index (χ2v) is 6.51. The van der Waals surface area contributed by atoms with Crippen LogP contribution >= 0.6 is 0 Å². The number of hydrogen-bond acceptors (Lipinski definition) is 2. The minimum absolute atomic E-state index is 0.0613. The van der Waals surface area contributed by atoms with Gasteiger partial charge >= 0.3 is 0 Å².